The van der Waals surface area contributed by atoms with Crippen molar-refractivity contribution in [3.63, 3.8) is 0 Å². The first kappa shape index (κ1) is 12.1. The molecule has 0 radical (unpaired) electrons. The monoisotopic (exact) mass is 270 g/mol. The maximum absolute atomic E-state index is 11.7. The van der Waals surface area contributed by atoms with Gasteiger partial charge in [0.15, 0.2) is 5.16 Å². The first-order chi connectivity index (χ1) is 8.06. The molecule has 0 spiro atoms. The lowest BCUT2D eigenvalue weighted by Crippen LogP contribution is -2.08. The van der Waals surface area contributed by atoms with E-state index in [9.17, 15) is 9.59 Å². The number of hydrogen-bond acceptors (Lipinski definition) is 5. The number of rotatable bonds is 4. The van der Waals surface area contributed by atoms with Gasteiger partial charge in [0.05, 0.1) is 11.8 Å². The van der Waals surface area contributed by atoms with E-state index in [4.69, 9.17) is 5.11 Å². The number of nitrogens with one attached hydrogen (secondary N) is 1. The van der Waals surface area contributed by atoms with Gasteiger partial charge in [-0.25, -0.2) is 4.98 Å². The highest BCUT2D eigenvalue weighted by Gasteiger charge is 2.07. The van der Waals surface area contributed by atoms with E-state index in [1.807, 2.05) is 6.92 Å². The number of carbonyl (C=O) groups is 1. The maximum Gasteiger partial charge on any atom is 0.304 e. The summed E-state index contributed by atoms with van der Waals surface area (Å²) in [4.78, 5) is 30.7. The average molecular weight is 270 g/mol. The van der Waals surface area contributed by atoms with Crippen LogP contribution in [-0.2, 0) is 4.79 Å². The van der Waals surface area contributed by atoms with Crippen molar-refractivity contribution in [3.8, 4) is 0 Å². The van der Waals surface area contributed by atoms with Crippen LogP contribution in [-0.4, -0.2) is 26.8 Å². The van der Waals surface area contributed by atoms with Crippen molar-refractivity contribution in [1.29, 1.82) is 0 Å². The average Bonchev–Trinajstić information content (AvgIpc) is 2.58. The number of carboxylic acids is 1. The molecule has 2 rings (SSSR count). The third-order valence-corrected chi connectivity index (χ3v) is 3.88. The number of aromatic amines is 1. The third-order valence-electron chi connectivity index (χ3n) is 2.06. The van der Waals surface area contributed by atoms with Gasteiger partial charge in [0.2, 0.25) is 0 Å². The van der Waals surface area contributed by atoms with Gasteiger partial charge in [0.25, 0.3) is 5.56 Å². The van der Waals surface area contributed by atoms with Crippen LogP contribution in [0.2, 0.25) is 0 Å². The number of thiophene rings is 1. The third kappa shape index (κ3) is 2.86. The Morgan fingerprint density at radius 2 is 2.41 bits per heavy atom. The summed E-state index contributed by atoms with van der Waals surface area (Å²) in [6, 6.07) is 1.80. The van der Waals surface area contributed by atoms with E-state index < -0.39 is 5.97 Å². The number of fused-ring (bicyclic) bond motifs is 1. The van der Waals surface area contributed by atoms with Crippen LogP contribution in [0.4, 0.5) is 0 Å². The predicted molar refractivity (Wildman–Crippen MR) is 68.0 cm³/mol. The zero-order chi connectivity index (χ0) is 12.4. The molecule has 0 saturated heterocycles. The molecule has 0 fully saturated rings. The Kier molecular flexibility index (Phi) is 3.49. The number of thioether (sulfide) groups is 1. The van der Waals surface area contributed by atoms with Gasteiger partial charge in [0, 0.05) is 10.6 Å². The van der Waals surface area contributed by atoms with E-state index >= 15 is 0 Å². The molecule has 0 amide bonds. The summed E-state index contributed by atoms with van der Waals surface area (Å²) < 4.78 is 0. The van der Waals surface area contributed by atoms with Gasteiger partial charge in [-0.3, -0.25) is 9.59 Å². The fraction of sp³-hybridized carbons (Fsp3) is 0.300. The highest BCUT2D eigenvalue weighted by atomic mass is 32.2. The quantitative estimate of drug-likeness (QED) is 0.654. The molecule has 90 valence electrons. The van der Waals surface area contributed by atoms with Crippen LogP contribution < -0.4 is 5.56 Å². The molecule has 0 aliphatic heterocycles. The van der Waals surface area contributed by atoms with E-state index in [1.54, 1.807) is 6.07 Å². The van der Waals surface area contributed by atoms with Gasteiger partial charge in [-0.1, -0.05) is 11.8 Å². The van der Waals surface area contributed by atoms with Gasteiger partial charge in [-0.2, -0.15) is 0 Å². The topological polar surface area (TPSA) is 83.0 Å². The second-order valence-electron chi connectivity index (χ2n) is 3.44. The van der Waals surface area contributed by atoms with Gasteiger partial charge < -0.3 is 10.1 Å². The number of nitrogens with zero attached hydrogens (tertiary/aromatic N) is 1. The number of aryl methyl sites for hydroxylation is 1. The summed E-state index contributed by atoms with van der Waals surface area (Å²) in [7, 11) is 0. The first-order valence-electron chi connectivity index (χ1n) is 4.91. The molecule has 0 aliphatic carbocycles. The summed E-state index contributed by atoms with van der Waals surface area (Å²) in [6.45, 7) is 1.92. The van der Waals surface area contributed by atoms with Crippen molar-refractivity contribution >= 4 is 39.3 Å². The highest BCUT2D eigenvalue weighted by Crippen LogP contribution is 2.22. The Morgan fingerprint density at radius 3 is 3.12 bits per heavy atom. The molecular weight excluding hydrogens is 260 g/mol. The van der Waals surface area contributed by atoms with Crippen molar-refractivity contribution in [1.82, 2.24) is 9.97 Å². The molecule has 0 bridgehead atoms. The van der Waals surface area contributed by atoms with E-state index in [-0.39, 0.29) is 12.0 Å². The summed E-state index contributed by atoms with van der Waals surface area (Å²) >= 11 is 2.71. The van der Waals surface area contributed by atoms with Crippen LogP contribution >= 0.6 is 23.1 Å². The van der Waals surface area contributed by atoms with Crippen molar-refractivity contribution in [2.24, 2.45) is 0 Å². The van der Waals surface area contributed by atoms with E-state index in [0.717, 1.165) is 4.88 Å². The van der Waals surface area contributed by atoms with Crippen LogP contribution in [0.15, 0.2) is 16.0 Å². The first-order valence-corrected chi connectivity index (χ1v) is 6.71. The normalized spacial score (nSPS) is 10.9. The fourth-order valence-electron chi connectivity index (χ4n) is 1.34. The minimum absolute atomic E-state index is 0.0515. The number of aliphatic carboxylic acids is 1. The minimum Gasteiger partial charge on any atom is -0.481 e. The summed E-state index contributed by atoms with van der Waals surface area (Å²) in [6.07, 6.45) is 0.0515. The Labute approximate surface area is 105 Å². The largest absolute Gasteiger partial charge is 0.481 e. The summed E-state index contributed by atoms with van der Waals surface area (Å²) in [5.41, 5.74) is -0.169. The van der Waals surface area contributed by atoms with Crippen LogP contribution in [0.3, 0.4) is 0 Å². The fourth-order valence-corrected chi connectivity index (χ4v) is 3.06. The summed E-state index contributed by atoms with van der Waals surface area (Å²) in [5, 5.41) is 9.59. The molecule has 2 N–H and O–H groups in total. The molecule has 0 unspecified atom stereocenters. The van der Waals surface area contributed by atoms with Crippen molar-refractivity contribution in [3.05, 3.63) is 21.3 Å². The number of carboxylic acid groups (broad SMARTS) is 1. The molecule has 5 nitrogen and oxygen atoms in total. The van der Waals surface area contributed by atoms with Crippen LogP contribution in [0.5, 0.6) is 0 Å². The van der Waals surface area contributed by atoms with E-state index in [0.29, 0.717) is 21.1 Å². The Balaban J connectivity index is 2.24. The molecule has 2 heterocycles. The lowest BCUT2D eigenvalue weighted by Gasteiger charge is -1.98. The zero-order valence-corrected chi connectivity index (χ0v) is 10.7. The van der Waals surface area contributed by atoms with Gasteiger partial charge in [-0.05, 0) is 13.0 Å². The van der Waals surface area contributed by atoms with Gasteiger partial charge in [-0.15, -0.1) is 11.3 Å². The van der Waals surface area contributed by atoms with Crippen molar-refractivity contribution in [2.75, 3.05) is 5.75 Å². The molecule has 2 aromatic heterocycles. The number of hydrogen-bond donors (Lipinski definition) is 2. The Bertz CT molecular complexity index is 618. The molecular formula is C10H10N2O3S2. The second kappa shape index (κ2) is 4.89. The maximum atomic E-state index is 11.7. The molecule has 0 atom stereocenters. The van der Waals surface area contributed by atoms with Crippen LogP contribution in [0.1, 0.15) is 11.3 Å². The molecule has 2 aromatic rings. The van der Waals surface area contributed by atoms with E-state index in [1.165, 1.54) is 23.1 Å². The highest BCUT2D eigenvalue weighted by molar-refractivity contribution is 7.99. The van der Waals surface area contributed by atoms with Crippen molar-refractivity contribution in [2.45, 2.75) is 18.5 Å². The lowest BCUT2D eigenvalue weighted by atomic mass is 10.4. The molecule has 0 aliphatic rings. The van der Waals surface area contributed by atoms with Crippen LogP contribution in [0.25, 0.3) is 10.2 Å². The standard InChI is InChI=1S/C10H10N2O3S2/c1-5-4-6-8(15)11-10(12-9(6)17-5)16-3-2-7(13)14/h4H,2-3H2,1H3,(H,13,14)(H,11,12,15). The van der Waals surface area contributed by atoms with Gasteiger partial charge in [0.1, 0.15) is 4.83 Å². The summed E-state index contributed by atoms with van der Waals surface area (Å²) in [5.74, 6) is -0.457. The zero-order valence-electron chi connectivity index (χ0n) is 9.02. The number of aromatic nitrogens is 2. The SMILES string of the molecule is Cc1cc2c(=O)[nH]c(SCCC(=O)O)nc2s1. The smallest absolute Gasteiger partial charge is 0.304 e. The van der Waals surface area contributed by atoms with Gasteiger partial charge >= 0.3 is 5.97 Å². The minimum atomic E-state index is -0.854. The second-order valence-corrected chi connectivity index (χ2v) is 5.76. The van der Waals surface area contributed by atoms with E-state index in [2.05, 4.69) is 9.97 Å². The van der Waals surface area contributed by atoms with Crippen LogP contribution in [0, 0.1) is 6.92 Å². The molecule has 17 heavy (non-hydrogen) atoms. The van der Waals surface area contributed by atoms with Crippen molar-refractivity contribution < 1.29 is 9.90 Å². The Hall–Kier alpha value is -1.34. The molecule has 0 aromatic carbocycles. The lowest BCUT2D eigenvalue weighted by molar-refractivity contribution is -0.136. The Morgan fingerprint density at radius 1 is 1.65 bits per heavy atom. The number of H-pyrrole nitrogens is 1. The molecule has 0 saturated carbocycles. The predicted octanol–water partition coefficient (Wildman–Crippen LogP) is 1.86. The molecule has 7 heteroatoms.